The minimum atomic E-state index is -0.930. The Balaban J connectivity index is 4.91. The lowest BCUT2D eigenvalue weighted by Crippen LogP contribution is -2.43. The van der Waals surface area contributed by atoms with Gasteiger partial charge in [0.25, 0.3) is 0 Å². The average molecular weight is 389 g/mol. The van der Waals surface area contributed by atoms with E-state index in [2.05, 4.69) is 41.5 Å². The van der Waals surface area contributed by atoms with Crippen LogP contribution >= 0.6 is 0 Å². The van der Waals surface area contributed by atoms with Gasteiger partial charge in [-0.15, -0.1) is 0 Å². The molecule has 0 saturated carbocycles. The fourth-order valence-electron chi connectivity index (χ4n) is 3.42. The van der Waals surface area contributed by atoms with Crippen molar-refractivity contribution in [1.29, 1.82) is 0 Å². The minimum absolute atomic E-state index is 0.00155. The van der Waals surface area contributed by atoms with Crippen molar-refractivity contribution in [2.75, 3.05) is 0 Å². The highest BCUT2D eigenvalue weighted by molar-refractivity contribution is 4.90. The van der Waals surface area contributed by atoms with Crippen LogP contribution in [0.25, 0.3) is 0 Å². The summed E-state index contributed by atoms with van der Waals surface area (Å²) >= 11 is 0. The predicted octanol–water partition coefficient (Wildman–Crippen LogP) is 4.53. The van der Waals surface area contributed by atoms with E-state index in [1.165, 1.54) is 0 Å². The summed E-state index contributed by atoms with van der Waals surface area (Å²) in [5.74, 6) is 0. The van der Waals surface area contributed by atoms with Crippen molar-refractivity contribution < 1.29 is 20.4 Å². The molecule has 0 aromatic heterocycles. The molecule has 0 radical (unpaired) electrons. The van der Waals surface area contributed by atoms with Crippen LogP contribution in [0.5, 0.6) is 0 Å². The smallest absolute Gasteiger partial charge is 0.0805 e. The van der Waals surface area contributed by atoms with Crippen LogP contribution in [0.1, 0.15) is 101 Å². The van der Waals surface area contributed by atoms with Gasteiger partial charge in [-0.3, -0.25) is 0 Å². The summed E-state index contributed by atoms with van der Waals surface area (Å²) in [7, 11) is 0. The van der Waals surface area contributed by atoms with E-state index < -0.39 is 35.2 Å². The van der Waals surface area contributed by atoms with Crippen LogP contribution in [0, 0.1) is 21.7 Å². The third kappa shape index (κ3) is 9.74. The summed E-state index contributed by atoms with van der Waals surface area (Å²) in [5.41, 5.74) is -0.959. The lowest BCUT2D eigenvalue weighted by Gasteiger charge is -2.40. The molecule has 0 saturated heterocycles. The molecule has 0 aliphatic heterocycles. The second kappa shape index (κ2) is 9.56. The maximum absolute atomic E-state index is 10.7. The van der Waals surface area contributed by atoms with Crippen LogP contribution in [-0.2, 0) is 0 Å². The minimum Gasteiger partial charge on any atom is -0.393 e. The van der Waals surface area contributed by atoms with Crippen molar-refractivity contribution in [1.82, 2.24) is 0 Å². The molecule has 4 nitrogen and oxygen atoms in total. The Labute approximate surface area is 168 Å². The number of hydrogen-bond donors (Lipinski definition) is 4. The Morgan fingerprint density at radius 2 is 0.889 bits per heavy atom. The first-order valence-electron chi connectivity index (χ1n) is 10.6. The first-order valence-corrected chi connectivity index (χ1v) is 10.6. The van der Waals surface area contributed by atoms with Crippen molar-refractivity contribution in [3.63, 3.8) is 0 Å². The Kier molecular flexibility index (Phi) is 9.50. The molecular formula is C23H48O4. The van der Waals surface area contributed by atoms with Crippen LogP contribution in [0.3, 0.4) is 0 Å². The first kappa shape index (κ1) is 26.8. The molecule has 4 unspecified atom stereocenters. The van der Waals surface area contributed by atoms with Crippen LogP contribution in [-0.4, -0.2) is 44.8 Å². The highest BCUT2D eigenvalue weighted by atomic mass is 16.3. The van der Waals surface area contributed by atoms with Gasteiger partial charge in [0.05, 0.1) is 24.4 Å². The third-order valence-electron chi connectivity index (χ3n) is 6.23. The van der Waals surface area contributed by atoms with Crippen LogP contribution in [0.2, 0.25) is 0 Å². The normalized spacial score (nSPS) is 18.9. The van der Waals surface area contributed by atoms with E-state index in [4.69, 9.17) is 0 Å². The molecule has 27 heavy (non-hydrogen) atoms. The van der Waals surface area contributed by atoms with E-state index >= 15 is 0 Å². The van der Waals surface area contributed by atoms with E-state index in [-0.39, 0.29) is 10.8 Å². The Bertz CT molecular complexity index is 434. The lowest BCUT2D eigenvalue weighted by atomic mass is 9.71. The van der Waals surface area contributed by atoms with E-state index in [0.29, 0.717) is 25.7 Å². The van der Waals surface area contributed by atoms with E-state index in [1.807, 2.05) is 27.7 Å². The molecule has 0 aromatic rings. The predicted molar refractivity (Wildman–Crippen MR) is 114 cm³/mol. The average Bonchev–Trinajstić information content (AvgIpc) is 2.43. The van der Waals surface area contributed by atoms with Crippen molar-refractivity contribution in [3.8, 4) is 0 Å². The van der Waals surface area contributed by atoms with Gasteiger partial charge in [-0.05, 0) is 47.3 Å². The highest BCUT2D eigenvalue weighted by Crippen LogP contribution is 2.39. The fourth-order valence-corrected chi connectivity index (χ4v) is 3.42. The zero-order valence-corrected chi connectivity index (χ0v) is 19.6. The molecular weight excluding hydrogens is 340 g/mol. The molecule has 0 fully saturated rings. The second-order valence-corrected chi connectivity index (χ2v) is 12.0. The van der Waals surface area contributed by atoms with Gasteiger partial charge < -0.3 is 20.4 Å². The molecule has 4 atom stereocenters. The summed E-state index contributed by atoms with van der Waals surface area (Å²) in [6.45, 7) is 20.4. The highest BCUT2D eigenvalue weighted by Gasteiger charge is 2.39. The van der Waals surface area contributed by atoms with Crippen molar-refractivity contribution in [2.24, 2.45) is 21.7 Å². The van der Waals surface area contributed by atoms with Crippen molar-refractivity contribution >= 4 is 0 Å². The molecule has 0 aliphatic carbocycles. The molecule has 4 heteroatoms. The molecule has 4 N–H and O–H groups in total. The number of aliphatic hydroxyl groups excluding tert-OH is 4. The number of hydrogen-bond acceptors (Lipinski definition) is 4. The van der Waals surface area contributed by atoms with Gasteiger partial charge in [-0.2, -0.15) is 0 Å². The topological polar surface area (TPSA) is 80.9 Å². The Hall–Kier alpha value is -0.160. The monoisotopic (exact) mass is 388 g/mol. The molecule has 0 amide bonds. The SMILES string of the molecule is CCC(C)(C)CC(O)C(C)(C)CC(O)C(O)CC(C)(C)C(O)CC(C)(C)C. The molecule has 0 spiro atoms. The molecule has 0 bridgehead atoms. The lowest BCUT2D eigenvalue weighted by molar-refractivity contribution is -0.0771. The summed E-state index contributed by atoms with van der Waals surface area (Å²) < 4.78 is 0. The van der Waals surface area contributed by atoms with Crippen molar-refractivity contribution in [3.05, 3.63) is 0 Å². The largest absolute Gasteiger partial charge is 0.393 e. The van der Waals surface area contributed by atoms with E-state index in [0.717, 1.165) is 6.42 Å². The van der Waals surface area contributed by atoms with Crippen LogP contribution < -0.4 is 0 Å². The van der Waals surface area contributed by atoms with Crippen LogP contribution in [0.15, 0.2) is 0 Å². The van der Waals surface area contributed by atoms with Crippen LogP contribution in [0.4, 0.5) is 0 Å². The van der Waals surface area contributed by atoms with Gasteiger partial charge >= 0.3 is 0 Å². The summed E-state index contributed by atoms with van der Waals surface area (Å²) in [5, 5.41) is 42.5. The maximum atomic E-state index is 10.7. The van der Waals surface area contributed by atoms with E-state index in [9.17, 15) is 20.4 Å². The maximum Gasteiger partial charge on any atom is 0.0805 e. The van der Waals surface area contributed by atoms with Crippen molar-refractivity contribution in [2.45, 2.75) is 126 Å². The summed E-state index contributed by atoms with van der Waals surface area (Å²) in [4.78, 5) is 0. The fraction of sp³-hybridized carbons (Fsp3) is 1.00. The Morgan fingerprint density at radius 3 is 1.19 bits per heavy atom. The molecule has 0 heterocycles. The van der Waals surface area contributed by atoms with Gasteiger partial charge in [0.1, 0.15) is 0 Å². The zero-order valence-electron chi connectivity index (χ0n) is 19.6. The third-order valence-corrected chi connectivity index (χ3v) is 6.23. The quantitative estimate of drug-likeness (QED) is 0.419. The molecule has 0 rings (SSSR count). The number of aliphatic hydroxyl groups is 4. The van der Waals surface area contributed by atoms with Gasteiger partial charge in [0, 0.05) is 0 Å². The first-order chi connectivity index (χ1) is 11.8. The van der Waals surface area contributed by atoms with E-state index in [1.54, 1.807) is 0 Å². The molecule has 0 aliphatic rings. The van der Waals surface area contributed by atoms with Gasteiger partial charge in [-0.25, -0.2) is 0 Å². The standard InChI is InChI=1S/C23H48O4/c1-11-21(5,6)15-19(27)23(9,10)13-17(25)16(24)12-22(7,8)18(26)14-20(2,3)4/h16-19,24-27H,11-15H2,1-10H3. The molecule has 164 valence electrons. The summed E-state index contributed by atoms with van der Waals surface area (Å²) in [6, 6.07) is 0. The Morgan fingerprint density at radius 1 is 0.556 bits per heavy atom. The zero-order chi connectivity index (χ0) is 21.8. The number of rotatable bonds is 11. The van der Waals surface area contributed by atoms with Gasteiger partial charge in [0.15, 0.2) is 0 Å². The molecule has 0 aromatic carbocycles. The summed E-state index contributed by atoms with van der Waals surface area (Å²) in [6.07, 6.45) is -0.0456. The second-order valence-electron chi connectivity index (χ2n) is 12.0. The van der Waals surface area contributed by atoms with Gasteiger partial charge in [0.2, 0.25) is 0 Å². The van der Waals surface area contributed by atoms with Gasteiger partial charge in [-0.1, -0.05) is 75.7 Å².